The van der Waals surface area contributed by atoms with Gasteiger partial charge in [0, 0.05) is 0 Å². The molecule has 0 amide bonds. The second-order valence-corrected chi connectivity index (χ2v) is 4.18. The standard InChI is InChI=1S/2C8H11.2ClH.Zr/c2*1-3-8-6-4-5-7(8)2;;;/h2*4-6H,3H2,1-2H3;2*1H;/q2*-1;;;+4/p-2. The fourth-order valence-corrected chi connectivity index (χ4v) is 1.89. The minimum absolute atomic E-state index is 0. The van der Waals surface area contributed by atoms with Gasteiger partial charge in [0.2, 0.25) is 0 Å². The van der Waals surface area contributed by atoms with E-state index in [0.717, 1.165) is 0 Å². The minimum atomic E-state index is 0. The molecule has 0 heterocycles. The van der Waals surface area contributed by atoms with Gasteiger partial charge in [-0.3, -0.25) is 0 Å². The van der Waals surface area contributed by atoms with Crippen LogP contribution in [0.2, 0.25) is 0 Å². The van der Waals surface area contributed by atoms with E-state index in [1.54, 1.807) is 0 Å². The zero-order valence-corrected chi connectivity index (χ0v) is 16.1. The molecule has 0 nitrogen and oxygen atoms in total. The summed E-state index contributed by atoms with van der Waals surface area (Å²) in [4.78, 5) is 0. The molecule has 0 unspecified atom stereocenters. The van der Waals surface area contributed by atoms with Crippen molar-refractivity contribution in [3.63, 3.8) is 0 Å². The van der Waals surface area contributed by atoms with Gasteiger partial charge in [0.25, 0.3) is 0 Å². The van der Waals surface area contributed by atoms with Crippen LogP contribution in [-0.2, 0) is 39.0 Å². The van der Waals surface area contributed by atoms with Crippen molar-refractivity contribution in [2.24, 2.45) is 0 Å². The molecule has 2 aromatic carbocycles. The van der Waals surface area contributed by atoms with E-state index < -0.39 is 0 Å². The van der Waals surface area contributed by atoms with Crippen molar-refractivity contribution in [2.45, 2.75) is 40.5 Å². The fourth-order valence-electron chi connectivity index (χ4n) is 1.89. The summed E-state index contributed by atoms with van der Waals surface area (Å²) in [7, 11) is 0. The zero-order chi connectivity index (χ0) is 12.0. The van der Waals surface area contributed by atoms with E-state index in [1.807, 2.05) is 0 Å². The molecule has 0 radical (unpaired) electrons. The van der Waals surface area contributed by atoms with Gasteiger partial charge in [-0.2, -0.15) is 34.4 Å². The average Bonchev–Trinajstić information content (AvgIpc) is 2.87. The number of hydrogen-bond donors (Lipinski definition) is 0. The second-order valence-electron chi connectivity index (χ2n) is 4.18. The quantitative estimate of drug-likeness (QED) is 0.564. The maximum Gasteiger partial charge on any atom is 4.00 e. The van der Waals surface area contributed by atoms with Crippen molar-refractivity contribution >= 4 is 0 Å². The van der Waals surface area contributed by atoms with Crippen LogP contribution in [0.5, 0.6) is 0 Å². The van der Waals surface area contributed by atoms with Crippen molar-refractivity contribution in [1.82, 2.24) is 0 Å². The Morgan fingerprint density at radius 2 is 1.11 bits per heavy atom. The maximum absolute atomic E-state index is 2.18. The zero-order valence-electron chi connectivity index (χ0n) is 12.1. The van der Waals surface area contributed by atoms with Crippen LogP contribution < -0.4 is 24.8 Å². The van der Waals surface area contributed by atoms with Gasteiger partial charge < -0.3 is 24.8 Å². The molecule has 2 aromatic rings. The summed E-state index contributed by atoms with van der Waals surface area (Å²) in [5.74, 6) is 0. The first-order chi connectivity index (χ1) is 7.69. The Bertz CT molecular complexity index is 376. The predicted molar refractivity (Wildman–Crippen MR) is 72.3 cm³/mol. The summed E-state index contributed by atoms with van der Waals surface area (Å²) in [6.07, 6.45) is 2.33. The van der Waals surface area contributed by atoms with E-state index in [0.29, 0.717) is 0 Å². The van der Waals surface area contributed by atoms with Crippen LogP contribution in [0.3, 0.4) is 0 Å². The molecule has 2 rings (SSSR count). The van der Waals surface area contributed by atoms with Crippen LogP contribution in [0.15, 0.2) is 36.4 Å². The van der Waals surface area contributed by atoms with E-state index in [4.69, 9.17) is 0 Å². The Kier molecular flexibility index (Phi) is 16.8. The largest absolute Gasteiger partial charge is 4.00 e. The molecule has 3 heteroatoms. The molecule has 0 bridgehead atoms. The van der Waals surface area contributed by atoms with Gasteiger partial charge in [-0.1, -0.05) is 40.5 Å². The topological polar surface area (TPSA) is 0 Å². The van der Waals surface area contributed by atoms with E-state index in [9.17, 15) is 0 Å². The second kappa shape index (κ2) is 13.2. The van der Waals surface area contributed by atoms with Crippen molar-refractivity contribution < 1.29 is 51.0 Å². The normalized spacial score (nSPS) is 8.21. The van der Waals surface area contributed by atoms with E-state index in [2.05, 4.69) is 64.1 Å². The third kappa shape index (κ3) is 8.13. The Labute approximate surface area is 149 Å². The predicted octanol–water partition coefficient (Wildman–Crippen LogP) is -1.44. The monoisotopic (exact) mass is 374 g/mol. The molecular weight excluding hydrogens is 354 g/mol. The maximum atomic E-state index is 2.18. The molecule has 0 saturated heterocycles. The van der Waals surface area contributed by atoms with Gasteiger partial charge >= 0.3 is 26.2 Å². The molecule has 0 aliphatic heterocycles. The summed E-state index contributed by atoms with van der Waals surface area (Å²) in [5.41, 5.74) is 5.80. The molecule has 0 aliphatic carbocycles. The van der Waals surface area contributed by atoms with Gasteiger partial charge in [-0.25, -0.2) is 24.3 Å². The van der Waals surface area contributed by atoms with Crippen molar-refractivity contribution in [1.29, 1.82) is 0 Å². The van der Waals surface area contributed by atoms with Crippen LogP contribution in [-0.4, -0.2) is 0 Å². The Balaban J connectivity index is -0.000000233. The molecule has 0 spiro atoms. The SMILES string of the molecule is CCc1ccc[c-]1C.CCc1ccc[c-]1C.[Cl-].[Cl-].[Zr+4]. The molecule has 0 atom stereocenters. The van der Waals surface area contributed by atoms with Crippen LogP contribution in [0.4, 0.5) is 0 Å². The molecule has 0 fully saturated rings. The molecule has 0 aliphatic rings. The van der Waals surface area contributed by atoms with Crippen LogP contribution in [0, 0.1) is 13.8 Å². The molecular formula is C16H22Cl2Zr. The Morgan fingerprint density at radius 3 is 1.21 bits per heavy atom. The third-order valence-electron chi connectivity index (χ3n) is 3.06. The first-order valence-electron chi connectivity index (χ1n) is 6.11. The van der Waals surface area contributed by atoms with Gasteiger partial charge in [0.1, 0.15) is 0 Å². The fraction of sp³-hybridized carbons (Fsp3) is 0.375. The number of aryl methyl sites for hydroxylation is 4. The van der Waals surface area contributed by atoms with Crippen molar-refractivity contribution in [3.8, 4) is 0 Å². The number of hydrogen-bond acceptors (Lipinski definition) is 0. The first-order valence-corrected chi connectivity index (χ1v) is 6.11. The van der Waals surface area contributed by atoms with Crippen molar-refractivity contribution in [3.05, 3.63) is 58.7 Å². The molecule has 19 heavy (non-hydrogen) atoms. The van der Waals surface area contributed by atoms with Gasteiger partial charge in [0.15, 0.2) is 0 Å². The van der Waals surface area contributed by atoms with Crippen molar-refractivity contribution in [2.75, 3.05) is 0 Å². The Hall–Kier alpha value is 0.163. The van der Waals surface area contributed by atoms with Crippen LogP contribution in [0.25, 0.3) is 0 Å². The third-order valence-corrected chi connectivity index (χ3v) is 3.06. The van der Waals surface area contributed by atoms with E-state index >= 15 is 0 Å². The van der Waals surface area contributed by atoms with E-state index in [1.165, 1.54) is 35.1 Å². The van der Waals surface area contributed by atoms with Crippen LogP contribution in [0.1, 0.15) is 36.1 Å². The summed E-state index contributed by atoms with van der Waals surface area (Å²) in [6, 6.07) is 12.9. The molecule has 0 saturated carbocycles. The Morgan fingerprint density at radius 1 is 0.789 bits per heavy atom. The van der Waals surface area contributed by atoms with Gasteiger partial charge in [-0.15, -0.1) is 0 Å². The smallest absolute Gasteiger partial charge is 1.00 e. The molecule has 0 aromatic heterocycles. The number of halogens is 2. The van der Waals surface area contributed by atoms with Gasteiger partial charge in [-0.05, 0) is 0 Å². The van der Waals surface area contributed by atoms with Crippen LogP contribution >= 0.6 is 0 Å². The summed E-state index contributed by atoms with van der Waals surface area (Å²) in [5, 5.41) is 0. The number of rotatable bonds is 2. The van der Waals surface area contributed by atoms with Gasteiger partial charge in [0.05, 0.1) is 0 Å². The summed E-state index contributed by atoms with van der Waals surface area (Å²) < 4.78 is 0. The molecule has 104 valence electrons. The summed E-state index contributed by atoms with van der Waals surface area (Å²) in [6.45, 7) is 8.67. The molecule has 0 N–H and O–H groups in total. The first kappa shape index (κ1) is 24.2. The summed E-state index contributed by atoms with van der Waals surface area (Å²) >= 11 is 0. The average molecular weight is 376 g/mol. The van der Waals surface area contributed by atoms with E-state index in [-0.39, 0.29) is 51.0 Å². The minimum Gasteiger partial charge on any atom is -1.00 e.